The Hall–Kier alpha value is 0.1000. The number of rotatable bonds is 5. The van der Waals surface area contributed by atoms with Crippen molar-refractivity contribution in [3.8, 4) is 0 Å². The Morgan fingerprint density at radius 2 is 1.69 bits per heavy atom. The second kappa shape index (κ2) is 6.74. The molecule has 0 saturated heterocycles. The molecule has 0 aliphatic heterocycles. The quantitative estimate of drug-likeness (QED) is 0.619. The van der Waals surface area contributed by atoms with Crippen LogP contribution in [0.3, 0.4) is 0 Å². The topological polar surface area (TPSA) is 38.0 Å². The van der Waals surface area contributed by atoms with Gasteiger partial charge in [-0.3, -0.25) is 11.3 Å². The molecule has 0 bridgehead atoms. The minimum atomic E-state index is 0.219. The summed E-state index contributed by atoms with van der Waals surface area (Å²) in [6, 6.07) is 6.46. The number of hydrogen-bond acceptors (Lipinski definition) is 2. The SMILES string of the molecule is CC(C)CCC(NN)c1cc(Br)cc(Br)c1. The van der Waals surface area contributed by atoms with Gasteiger partial charge in [-0.2, -0.15) is 0 Å². The summed E-state index contributed by atoms with van der Waals surface area (Å²) in [7, 11) is 0. The van der Waals surface area contributed by atoms with E-state index in [0.717, 1.165) is 15.4 Å². The fourth-order valence-electron chi connectivity index (χ4n) is 1.62. The van der Waals surface area contributed by atoms with E-state index in [1.54, 1.807) is 0 Å². The van der Waals surface area contributed by atoms with Crippen molar-refractivity contribution in [3.05, 3.63) is 32.7 Å². The number of halogens is 2. The minimum absolute atomic E-state index is 0.219. The molecule has 1 atom stereocenters. The lowest BCUT2D eigenvalue weighted by molar-refractivity contribution is 0.448. The largest absolute Gasteiger partial charge is 0.271 e. The summed E-state index contributed by atoms with van der Waals surface area (Å²) in [6.45, 7) is 4.45. The van der Waals surface area contributed by atoms with Gasteiger partial charge in [-0.25, -0.2) is 0 Å². The van der Waals surface area contributed by atoms with E-state index in [2.05, 4.69) is 63.3 Å². The maximum Gasteiger partial charge on any atom is 0.0460 e. The smallest absolute Gasteiger partial charge is 0.0460 e. The molecule has 4 heteroatoms. The normalized spacial score (nSPS) is 13.1. The first kappa shape index (κ1) is 14.2. The molecule has 0 aliphatic rings. The molecule has 0 heterocycles. The van der Waals surface area contributed by atoms with Gasteiger partial charge >= 0.3 is 0 Å². The number of hydrogen-bond donors (Lipinski definition) is 2. The number of nitrogens with two attached hydrogens (primary N) is 1. The molecule has 16 heavy (non-hydrogen) atoms. The molecule has 0 aliphatic carbocycles. The molecule has 1 rings (SSSR count). The zero-order valence-electron chi connectivity index (χ0n) is 9.63. The fraction of sp³-hybridized carbons (Fsp3) is 0.500. The van der Waals surface area contributed by atoms with Crippen LogP contribution in [0.25, 0.3) is 0 Å². The van der Waals surface area contributed by atoms with E-state index in [9.17, 15) is 0 Å². The second-order valence-electron chi connectivity index (χ2n) is 4.39. The third-order valence-corrected chi connectivity index (χ3v) is 3.44. The Labute approximate surface area is 114 Å². The van der Waals surface area contributed by atoms with Gasteiger partial charge in [0.1, 0.15) is 0 Å². The molecule has 90 valence electrons. The molecule has 0 radical (unpaired) electrons. The van der Waals surface area contributed by atoms with Crippen LogP contribution in [0.1, 0.15) is 38.3 Å². The van der Waals surface area contributed by atoms with Crippen LogP contribution in [0.2, 0.25) is 0 Å². The van der Waals surface area contributed by atoms with Crippen LogP contribution in [-0.4, -0.2) is 0 Å². The van der Waals surface area contributed by atoms with E-state index in [-0.39, 0.29) is 6.04 Å². The number of hydrazine groups is 1. The first-order valence-corrected chi connectivity index (χ1v) is 7.03. The molecule has 2 nitrogen and oxygen atoms in total. The molecule has 0 aromatic heterocycles. The average Bonchev–Trinajstić information content (AvgIpc) is 2.16. The summed E-state index contributed by atoms with van der Waals surface area (Å²) in [5.41, 5.74) is 4.10. The van der Waals surface area contributed by atoms with Crippen molar-refractivity contribution in [2.75, 3.05) is 0 Å². The molecule has 0 spiro atoms. The molecule has 1 aromatic rings. The summed E-state index contributed by atoms with van der Waals surface area (Å²) in [5.74, 6) is 6.31. The van der Waals surface area contributed by atoms with Crippen LogP contribution >= 0.6 is 31.9 Å². The second-order valence-corrected chi connectivity index (χ2v) is 6.22. The lowest BCUT2D eigenvalue weighted by atomic mass is 9.98. The van der Waals surface area contributed by atoms with Gasteiger partial charge in [0.2, 0.25) is 0 Å². The van der Waals surface area contributed by atoms with Crippen LogP contribution in [0, 0.1) is 5.92 Å². The van der Waals surface area contributed by atoms with Crippen molar-refractivity contribution in [2.24, 2.45) is 11.8 Å². The molecular formula is C12H18Br2N2. The standard InChI is InChI=1S/C12H18Br2N2/c1-8(2)3-4-12(16-15)9-5-10(13)7-11(14)6-9/h5-8,12,16H,3-4,15H2,1-2H3. The Bertz CT molecular complexity index is 320. The van der Waals surface area contributed by atoms with Gasteiger partial charge in [-0.1, -0.05) is 45.7 Å². The molecule has 0 saturated carbocycles. The molecule has 1 unspecified atom stereocenters. The van der Waals surface area contributed by atoms with E-state index >= 15 is 0 Å². The Morgan fingerprint density at radius 3 is 2.12 bits per heavy atom. The van der Waals surface area contributed by atoms with Crippen molar-refractivity contribution >= 4 is 31.9 Å². The van der Waals surface area contributed by atoms with Gasteiger partial charge in [0, 0.05) is 15.0 Å². The summed E-state index contributed by atoms with van der Waals surface area (Å²) in [5, 5.41) is 0. The van der Waals surface area contributed by atoms with Crippen molar-refractivity contribution in [1.29, 1.82) is 0 Å². The van der Waals surface area contributed by atoms with Gasteiger partial charge in [-0.05, 0) is 42.5 Å². The Morgan fingerprint density at radius 1 is 1.12 bits per heavy atom. The Balaban J connectivity index is 2.78. The lowest BCUT2D eigenvalue weighted by Crippen LogP contribution is -2.28. The summed E-state index contributed by atoms with van der Waals surface area (Å²) >= 11 is 6.98. The molecule has 3 N–H and O–H groups in total. The van der Waals surface area contributed by atoms with E-state index in [1.807, 2.05) is 6.07 Å². The Kier molecular flexibility index (Phi) is 5.97. The maximum atomic E-state index is 5.61. The monoisotopic (exact) mass is 348 g/mol. The van der Waals surface area contributed by atoms with E-state index in [4.69, 9.17) is 5.84 Å². The highest BCUT2D eigenvalue weighted by Crippen LogP contribution is 2.27. The van der Waals surface area contributed by atoms with Crippen molar-refractivity contribution < 1.29 is 0 Å². The van der Waals surface area contributed by atoms with Crippen molar-refractivity contribution in [1.82, 2.24) is 5.43 Å². The highest BCUT2D eigenvalue weighted by atomic mass is 79.9. The van der Waals surface area contributed by atoms with Crippen LogP contribution in [0.5, 0.6) is 0 Å². The lowest BCUT2D eigenvalue weighted by Gasteiger charge is -2.18. The third-order valence-electron chi connectivity index (χ3n) is 2.52. The highest BCUT2D eigenvalue weighted by Gasteiger charge is 2.11. The summed E-state index contributed by atoms with van der Waals surface area (Å²) in [6.07, 6.45) is 2.22. The maximum absolute atomic E-state index is 5.61. The predicted octanol–water partition coefficient (Wildman–Crippen LogP) is 4.15. The highest BCUT2D eigenvalue weighted by molar-refractivity contribution is 9.11. The summed E-state index contributed by atoms with van der Waals surface area (Å²) < 4.78 is 2.14. The molecule has 0 fully saturated rings. The van der Waals surface area contributed by atoms with Gasteiger partial charge in [0.25, 0.3) is 0 Å². The van der Waals surface area contributed by atoms with Crippen LogP contribution in [-0.2, 0) is 0 Å². The van der Waals surface area contributed by atoms with E-state index in [0.29, 0.717) is 5.92 Å². The number of nitrogens with one attached hydrogen (secondary N) is 1. The van der Waals surface area contributed by atoms with Crippen LogP contribution in [0.4, 0.5) is 0 Å². The third kappa shape index (κ3) is 4.53. The van der Waals surface area contributed by atoms with Crippen molar-refractivity contribution in [3.63, 3.8) is 0 Å². The van der Waals surface area contributed by atoms with Crippen LogP contribution < -0.4 is 11.3 Å². The predicted molar refractivity (Wildman–Crippen MR) is 76.0 cm³/mol. The molecule has 1 aromatic carbocycles. The van der Waals surface area contributed by atoms with E-state index in [1.165, 1.54) is 12.0 Å². The summed E-state index contributed by atoms with van der Waals surface area (Å²) in [4.78, 5) is 0. The first-order valence-electron chi connectivity index (χ1n) is 5.45. The number of benzene rings is 1. The zero-order chi connectivity index (χ0) is 12.1. The average molecular weight is 350 g/mol. The van der Waals surface area contributed by atoms with Gasteiger partial charge < -0.3 is 0 Å². The zero-order valence-corrected chi connectivity index (χ0v) is 12.8. The van der Waals surface area contributed by atoms with Gasteiger partial charge in [0.15, 0.2) is 0 Å². The van der Waals surface area contributed by atoms with Gasteiger partial charge in [-0.15, -0.1) is 0 Å². The minimum Gasteiger partial charge on any atom is -0.271 e. The molecular weight excluding hydrogens is 332 g/mol. The molecule has 0 amide bonds. The fourth-order valence-corrected chi connectivity index (χ4v) is 2.95. The van der Waals surface area contributed by atoms with Crippen molar-refractivity contribution in [2.45, 2.75) is 32.7 Å². The van der Waals surface area contributed by atoms with E-state index < -0.39 is 0 Å². The van der Waals surface area contributed by atoms with Crippen LogP contribution in [0.15, 0.2) is 27.1 Å². The van der Waals surface area contributed by atoms with Gasteiger partial charge in [0.05, 0.1) is 0 Å². The first-order chi connectivity index (χ1) is 7.52.